The second-order valence-electron chi connectivity index (χ2n) is 6.98. The summed E-state index contributed by atoms with van der Waals surface area (Å²) < 4.78 is 1.18. The van der Waals surface area contributed by atoms with Crippen LogP contribution in [0, 0.1) is 23.7 Å². The highest BCUT2D eigenvalue weighted by Crippen LogP contribution is 2.39. The van der Waals surface area contributed by atoms with Crippen LogP contribution in [0.4, 0.5) is 0 Å². The largest absolute Gasteiger partial charge is 0.317 e. The van der Waals surface area contributed by atoms with Crippen LogP contribution in [0.3, 0.4) is 0 Å². The second-order valence-corrected chi connectivity index (χ2v) is 7.89. The molecule has 21 heavy (non-hydrogen) atoms. The fraction of sp³-hybridized carbons (Fsp3) is 0.684. The highest BCUT2D eigenvalue weighted by atomic mass is 79.9. The first-order chi connectivity index (χ1) is 10.1. The minimum absolute atomic E-state index is 0.831. The van der Waals surface area contributed by atoms with Gasteiger partial charge >= 0.3 is 0 Å². The van der Waals surface area contributed by atoms with Crippen LogP contribution in [0.5, 0.6) is 0 Å². The summed E-state index contributed by atoms with van der Waals surface area (Å²) in [4.78, 5) is 0. The lowest BCUT2D eigenvalue weighted by atomic mass is 9.68. The molecule has 118 valence electrons. The van der Waals surface area contributed by atoms with E-state index in [1.165, 1.54) is 42.3 Å². The molecule has 1 saturated carbocycles. The van der Waals surface area contributed by atoms with Crippen molar-refractivity contribution in [3.05, 3.63) is 34.3 Å². The zero-order chi connectivity index (χ0) is 15.2. The normalized spacial score (nSPS) is 26.2. The van der Waals surface area contributed by atoms with Gasteiger partial charge < -0.3 is 5.32 Å². The Bertz CT molecular complexity index is 412. The number of hydrogen-bond acceptors (Lipinski definition) is 1. The third-order valence-electron chi connectivity index (χ3n) is 5.19. The molecule has 1 aromatic carbocycles. The molecule has 2 rings (SSSR count). The minimum Gasteiger partial charge on any atom is -0.317 e. The molecule has 1 N–H and O–H groups in total. The van der Waals surface area contributed by atoms with Crippen molar-refractivity contribution in [2.24, 2.45) is 23.7 Å². The molecular weight excluding hydrogens is 322 g/mol. The van der Waals surface area contributed by atoms with E-state index >= 15 is 0 Å². The lowest BCUT2D eigenvalue weighted by Crippen LogP contribution is -2.35. The summed E-state index contributed by atoms with van der Waals surface area (Å²) in [6.45, 7) is 9.29. The van der Waals surface area contributed by atoms with Crippen molar-refractivity contribution < 1.29 is 0 Å². The van der Waals surface area contributed by atoms with Gasteiger partial charge in [-0.05, 0) is 80.1 Å². The first-order valence-electron chi connectivity index (χ1n) is 8.55. The third-order valence-corrected chi connectivity index (χ3v) is 5.72. The molecule has 1 fully saturated rings. The maximum Gasteiger partial charge on any atom is 0.0175 e. The molecule has 0 aliphatic heterocycles. The van der Waals surface area contributed by atoms with Gasteiger partial charge in [-0.15, -0.1) is 0 Å². The number of halogens is 1. The zero-order valence-corrected chi connectivity index (χ0v) is 15.3. The van der Waals surface area contributed by atoms with Crippen LogP contribution in [0.1, 0.15) is 45.6 Å². The van der Waals surface area contributed by atoms with E-state index in [4.69, 9.17) is 0 Å². The van der Waals surface area contributed by atoms with Crippen molar-refractivity contribution in [1.29, 1.82) is 0 Å². The second kappa shape index (κ2) is 8.33. The predicted octanol–water partition coefficient (Wildman–Crippen LogP) is 5.29. The summed E-state index contributed by atoms with van der Waals surface area (Å²) in [5, 5.41) is 3.58. The van der Waals surface area contributed by atoms with E-state index in [-0.39, 0.29) is 0 Å². The smallest absolute Gasteiger partial charge is 0.0175 e. The molecule has 0 radical (unpaired) electrons. The lowest BCUT2D eigenvalue weighted by Gasteiger charge is -2.38. The Balaban J connectivity index is 2.03. The maximum atomic E-state index is 3.58. The van der Waals surface area contributed by atoms with E-state index in [0.29, 0.717) is 0 Å². The van der Waals surface area contributed by atoms with Crippen LogP contribution >= 0.6 is 15.9 Å². The fourth-order valence-corrected chi connectivity index (χ4v) is 4.00. The number of benzene rings is 1. The summed E-state index contributed by atoms with van der Waals surface area (Å²) in [5.41, 5.74) is 1.49. The summed E-state index contributed by atoms with van der Waals surface area (Å²) in [6, 6.07) is 8.93. The molecule has 1 aliphatic carbocycles. The Kier molecular flexibility index (Phi) is 6.75. The Labute approximate surface area is 139 Å². The Morgan fingerprint density at radius 2 is 1.86 bits per heavy atom. The van der Waals surface area contributed by atoms with Gasteiger partial charge in [0.25, 0.3) is 0 Å². The molecule has 0 aromatic heterocycles. The maximum absolute atomic E-state index is 3.58. The van der Waals surface area contributed by atoms with Crippen LogP contribution in [0.15, 0.2) is 28.7 Å². The standard InChI is InChI=1S/C19H30BrN/c1-4-21-13-17-8-7-16(14(2)3)12-18(17)11-15-5-9-19(20)10-6-15/h5-6,9-10,14,16-18,21H,4,7-8,11-13H2,1-3H3. The van der Waals surface area contributed by atoms with E-state index in [2.05, 4.69) is 66.3 Å². The van der Waals surface area contributed by atoms with Crippen molar-refractivity contribution in [3.8, 4) is 0 Å². The van der Waals surface area contributed by atoms with Crippen LogP contribution in [0.2, 0.25) is 0 Å². The fourth-order valence-electron chi connectivity index (χ4n) is 3.74. The average molecular weight is 352 g/mol. The van der Waals surface area contributed by atoms with Crippen molar-refractivity contribution in [2.45, 2.75) is 46.5 Å². The minimum atomic E-state index is 0.831. The highest BCUT2D eigenvalue weighted by Gasteiger charge is 2.31. The molecular formula is C19H30BrN. The summed E-state index contributed by atoms with van der Waals surface area (Å²) in [5.74, 6) is 3.44. The van der Waals surface area contributed by atoms with Gasteiger partial charge in [0.2, 0.25) is 0 Å². The van der Waals surface area contributed by atoms with Crippen LogP contribution in [-0.2, 0) is 6.42 Å². The van der Waals surface area contributed by atoms with Crippen molar-refractivity contribution in [1.82, 2.24) is 5.32 Å². The summed E-state index contributed by atoms with van der Waals surface area (Å²) in [6.07, 6.45) is 5.47. The molecule has 1 aliphatic rings. The van der Waals surface area contributed by atoms with Gasteiger partial charge in [-0.25, -0.2) is 0 Å². The molecule has 0 bridgehead atoms. The molecule has 1 nitrogen and oxygen atoms in total. The predicted molar refractivity (Wildman–Crippen MR) is 95.5 cm³/mol. The molecule has 0 saturated heterocycles. The third kappa shape index (κ3) is 5.10. The van der Waals surface area contributed by atoms with Crippen LogP contribution < -0.4 is 5.32 Å². The van der Waals surface area contributed by atoms with Crippen LogP contribution in [-0.4, -0.2) is 13.1 Å². The quantitative estimate of drug-likeness (QED) is 0.734. The first-order valence-corrected chi connectivity index (χ1v) is 9.34. The molecule has 1 aromatic rings. The summed E-state index contributed by atoms with van der Waals surface area (Å²) in [7, 11) is 0. The van der Waals surface area contributed by atoms with Crippen molar-refractivity contribution in [3.63, 3.8) is 0 Å². The van der Waals surface area contributed by atoms with Gasteiger partial charge in [0.15, 0.2) is 0 Å². The molecule has 3 atom stereocenters. The Morgan fingerprint density at radius 1 is 1.14 bits per heavy atom. The van der Waals surface area contributed by atoms with Crippen LogP contribution in [0.25, 0.3) is 0 Å². The average Bonchev–Trinajstić information content (AvgIpc) is 2.48. The Hall–Kier alpha value is -0.340. The molecule has 3 unspecified atom stereocenters. The van der Waals surface area contributed by atoms with Gasteiger partial charge in [0.05, 0.1) is 0 Å². The molecule has 0 heterocycles. The summed E-state index contributed by atoms with van der Waals surface area (Å²) >= 11 is 3.54. The zero-order valence-electron chi connectivity index (χ0n) is 13.7. The van der Waals surface area contributed by atoms with Gasteiger partial charge in [-0.1, -0.05) is 48.8 Å². The first kappa shape index (κ1) is 17.0. The van der Waals surface area contributed by atoms with Crippen molar-refractivity contribution >= 4 is 15.9 Å². The lowest BCUT2D eigenvalue weighted by molar-refractivity contribution is 0.145. The Morgan fingerprint density at radius 3 is 2.48 bits per heavy atom. The van der Waals surface area contributed by atoms with E-state index in [0.717, 1.165) is 30.2 Å². The van der Waals surface area contributed by atoms with E-state index in [1.807, 2.05) is 0 Å². The van der Waals surface area contributed by atoms with Gasteiger partial charge in [0, 0.05) is 4.47 Å². The van der Waals surface area contributed by atoms with Gasteiger partial charge in [-0.3, -0.25) is 0 Å². The van der Waals surface area contributed by atoms with Crippen molar-refractivity contribution in [2.75, 3.05) is 13.1 Å². The number of rotatable bonds is 6. The molecule has 0 amide bonds. The number of hydrogen-bond donors (Lipinski definition) is 1. The molecule has 2 heteroatoms. The monoisotopic (exact) mass is 351 g/mol. The molecule has 0 spiro atoms. The number of nitrogens with one attached hydrogen (secondary N) is 1. The van der Waals surface area contributed by atoms with E-state index < -0.39 is 0 Å². The van der Waals surface area contributed by atoms with E-state index in [9.17, 15) is 0 Å². The SMILES string of the molecule is CCNCC1CCC(C(C)C)CC1Cc1ccc(Br)cc1. The van der Waals surface area contributed by atoms with Gasteiger partial charge in [-0.2, -0.15) is 0 Å². The highest BCUT2D eigenvalue weighted by molar-refractivity contribution is 9.10. The van der Waals surface area contributed by atoms with E-state index in [1.54, 1.807) is 0 Å². The van der Waals surface area contributed by atoms with Gasteiger partial charge in [0.1, 0.15) is 0 Å². The topological polar surface area (TPSA) is 12.0 Å².